The van der Waals surface area contributed by atoms with Gasteiger partial charge in [-0.15, -0.1) is 0 Å². The molecule has 0 aliphatic heterocycles. The van der Waals surface area contributed by atoms with Crippen molar-refractivity contribution in [2.45, 2.75) is 0 Å². The molecule has 0 spiro atoms. The lowest BCUT2D eigenvalue weighted by Gasteiger charge is -1.96. The SMILES string of the molecule is O=[N+]([O-])c1cccc(/C=C/P(=O)(O)O)c1. The van der Waals surface area contributed by atoms with Gasteiger partial charge in [-0.3, -0.25) is 14.7 Å². The van der Waals surface area contributed by atoms with Gasteiger partial charge in [-0.1, -0.05) is 12.1 Å². The number of benzene rings is 1. The third-order valence-corrected chi connectivity index (χ3v) is 2.08. The molecule has 1 aromatic rings. The molecular weight excluding hydrogens is 221 g/mol. The van der Waals surface area contributed by atoms with E-state index in [9.17, 15) is 14.7 Å². The maximum atomic E-state index is 10.5. The van der Waals surface area contributed by atoms with Gasteiger partial charge in [0.2, 0.25) is 0 Å². The third kappa shape index (κ3) is 4.03. The van der Waals surface area contributed by atoms with Crippen molar-refractivity contribution in [3.05, 3.63) is 45.8 Å². The van der Waals surface area contributed by atoms with Crippen LogP contribution in [-0.2, 0) is 4.57 Å². The van der Waals surface area contributed by atoms with Gasteiger partial charge in [-0.2, -0.15) is 0 Å². The van der Waals surface area contributed by atoms with Crippen LogP contribution in [0, 0.1) is 10.1 Å². The van der Waals surface area contributed by atoms with Crippen LogP contribution in [0.3, 0.4) is 0 Å². The lowest BCUT2D eigenvalue weighted by atomic mass is 10.2. The summed E-state index contributed by atoms with van der Waals surface area (Å²) >= 11 is 0. The van der Waals surface area contributed by atoms with E-state index in [1.165, 1.54) is 24.3 Å². The second-order valence-corrected chi connectivity index (χ2v) is 4.23. The molecule has 80 valence electrons. The molecule has 0 atom stereocenters. The largest absolute Gasteiger partial charge is 0.349 e. The Morgan fingerprint density at radius 2 is 2.07 bits per heavy atom. The van der Waals surface area contributed by atoms with Crippen molar-refractivity contribution in [3.63, 3.8) is 0 Å². The van der Waals surface area contributed by atoms with Crippen molar-refractivity contribution in [3.8, 4) is 0 Å². The Morgan fingerprint density at radius 3 is 2.60 bits per heavy atom. The summed E-state index contributed by atoms with van der Waals surface area (Å²) in [5.41, 5.74) is 0.246. The normalized spacial score (nSPS) is 11.9. The second kappa shape index (κ2) is 4.35. The van der Waals surface area contributed by atoms with E-state index >= 15 is 0 Å². The number of hydrogen-bond acceptors (Lipinski definition) is 3. The van der Waals surface area contributed by atoms with Crippen LogP contribution in [-0.4, -0.2) is 14.7 Å². The third-order valence-electron chi connectivity index (χ3n) is 1.54. The maximum absolute atomic E-state index is 10.5. The first-order valence-electron chi connectivity index (χ1n) is 3.87. The number of nitro groups is 1. The summed E-state index contributed by atoms with van der Waals surface area (Å²) < 4.78 is 10.5. The minimum atomic E-state index is -4.22. The monoisotopic (exact) mass is 229 g/mol. The van der Waals surface area contributed by atoms with Gasteiger partial charge < -0.3 is 9.79 Å². The molecule has 7 heteroatoms. The molecule has 0 aliphatic carbocycles. The Kier molecular flexibility index (Phi) is 3.36. The number of non-ortho nitro benzene ring substituents is 1. The highest BCUT2D eigenvalue weighted by Crippen LogP contribution is 2.36. The van der Waals surface area contributed by atoms with Crippen molar-refractivity contribution < 1.29 is 19.3 Å². The van der Waals surface area contributed by atoms with Gasteiger partial charge in [0, 0.05) is 17.9 Å². The molecule has 0 saturated carbocycles. The molecule has 0 bridgehead atoms. The molecule has 1 rings (SSSR count). The smallest absolute Gasteiger partial charge is 0.321 e. The van der Waals surface area contributed by atoms with E-state index in [0.29, 0.717) is 11.4 Å². The zero-order chi connectivity index (χ0) is 11.5. The Balaban J connectivity index is 2.97. The molecule has 2 N–H and O–H groups in total. The van der Waals surface area contributed by atoms with Gasteiger partial charge in [-0.05, 0) is 11.6 Å². The first-order valence-corrected chi connectivity index (χ1v) is 5.55. The van der Waals surface area contributed by atoms with Crippen molar-refractivity contribution in [1.29, 1.82) is 0 Å². The molecule has 0 aromatic heterocycles. The van der Waals surface area contributed by atoms with E-state index in [1.807, 2.05) is 0 Å². The van der Waals surface area contributed by atoms with Gasteiger partial charge >= 0.3 is 7.60 Å². The summed E-state index contributed by atoms with van der Waals surface area (Å²) in [4.78, 5) is 26.9. The van der Waals surface area contributed by atoms with Crippen molar-refractivity contribution in [1.82, 2.24) is 0 Å². The topological polar surface area (TPSA) is 101 Å². The predicted molar refractivity (Wildman–Crippen MR) is 54.2 cm³/mol. The van der Waals surface area contributed by atoms with Crippen LogP contribution in [0.1, 0.15) is 5.56 Å². The van der Waals surface area contributed by atoms with Crippen molar-refractivity contribution in [2.24, 2.45) is 0 Å². The summed E-state index contributed by atoms with van der Waals surface area (Å²) in [6.07, 6.45) is 1.15. The van der Waals surface area contributed by atoms with Crippen LogP contribution in [0.15, 0.2) is 30.1 Å². The van der Waals surface area contributed by atoms with Gasteiger partial charge in [0.25, 0.3) is 5.69 Å². The predicted octanol–water partition coefficient (Wildman–Crippen LogP) is 1.74. The van der Waals surface area contributed by atoms with Crippen LogP contribution in [0.5, 0.6) is 0 Å². The zero-order valence-electron chi connectivity index (χ0n) is 7.48. The highest BCUT2D eigenvalue weighted by Gasteiger charge is 2.07. The first kappa shape index (κ1) is 11.6. The Bertz CT molecular complexity index is 450. The van der Waals surface area contributed by atoms with Gasteiger partial charge in [-0.25, -0.2) is 0 Å². The van der Waals surface area contributed by atoms with Gasteiger partial charge in [0.05, 0.1) is 4.92 Å². The Labute approximate surface area is 85.2 Å². The molecule has 0 aliphatic rings. The van der Waals surface area contributed by atoms with Crippen LogP contribution < -0.4 is 0 Å². The average molecular weight is 229 g/mol. The van der Waals surface area contributed by atoms with E-state index in [0.717, 1.165) is 6.08 Å². The van der Waals surface area contributed by atoms with E-state index in [-0.39, 0.29) is 5.69 Å². The van der Waals surface area contributed by atoms with Gasteiger partial charge in [0.15, 0.2) is 0 Å². The minimum Gasteiger partial charge on any atom is -0.321 e. The van der Waals surface area contributed by atoms with Crippen LogP contribution in [0.2, 0.25) is 0 Å². The number of nitro benzene ring substituents is 1. The Morgan fingerprint density at radius 1 is 1.40 bits per heavy atom. The lowest BCUT2D eigenvalue weighted by molar-refractivity contribution is -0.384. The summed E-state index contributed by atoms with van der Waals surface area (Å²) in [5, 5.41) is 10.4. The molecule has 0 fully saturated rings. The van der Waals surface area contributed by atoms with Crippen LogP contribution in [0.25, 0.3) is 6.08 Å². The number of hydrogen-bond donors (Lipinski definition) is 2. The first-order chi connectivity index (χ1) is 6.88. The van der Waals surface area contributed by atoms with Crippen molar-refractivity contribution in [2.75, 3.05) is 0 Å². The molecule has 0 heterocycles. The van der Waals surface area contributed by atoms with E-state index in [2.05, 4.69) is 0 Å². The Hall–Kier alpha value is -1.49. The molecule has 0 saturated heterocycles. The summed E-state index contributed by atoms with van der Waals surface area (Å²) in [6, 6.07) is 5.48. The summed E-state index contributed by atoms with van der Waals surface area (Å²) in [5.74, 6) is 0.700. The van der Waals surface area contributed by atoms with Crippen molar-refractivity contribution >= 4 is 19.4 Å². The van der Waals surface area contributed by atoms with Gasteiger partial charge in [0.1, 0.15) is 0 Å². The van der Waals surface area contributed by atoms with Crippen LogP contribution >= 0.6 is 7.60 Å². The lowest BCUT2D eigenvalue weighted by Crippen LogP contribution is -1.87. The zero-order valence-corrected chi connectivity index (χ0v) is 8.37. The maximum Gasteiger partial charge on any atom is 0.349 e. The fraction of sp³-hybridized carbons (Fsp3) is 0. The standard InChI is InChI=1S/C8H8NO5P/c10-9(11)8-3-1-2-7(6-8)4-5-15(12,13)14/h1-6H,(H2,12,13,14)/b5-4+. The van der Waals surface area contributed by atoms with E-state index in [1.54, 1.807) is 0 Å². The fourth-order valence-corrected chi connectivity index (χ4v) is 1.29. The molecule has 6 nitrogen and oxygen atoms in total. The quantitative estimate of drug-likeness (QED) is 0.467. The molecule has 0 radical (unpaired) electrons. The fourth-order valence-electron chi connectivity index (χ4n) is 0.925. The van der Waals surface area contributed by atoms with E-state index in [4.69, 9.17) is 9.79 Å². The van der Waals surface area contributed by atoms with E-state index < -0.39 is 12.5 Å². The second-order valence-electron chi connectivity index (χ2n) is 2.76. The summed E-state index contributed by atoms with van der Waals surface area (Å²) in [7, 11) is -4.22. The highest BCUT2D eigenvalue weighted by atomic mass is 31.2. The molecule has 15 heavy (non-hydrogen) atoms. The summed E-state index contributed by atoms with van der Waals surface area (Å²) in [6.45, 7) is 0. The minimum absolute atomic E-state index is 0.122. The van der Waals surface area contributed by atoms with Crippen LogP contribution in [0.4, 0.5) is 5.69 Å². The number of rotatable bonds is 3. The molecule has 0 unspecified atom stereocenters. The molecular formula is C8H8NO5P. The number of nitrogens with zero attached hydrogens (tertiary/aromatic N) is 1. The average Bonchev–Trinajstić information content (AvgIpc) is 2.14. The molecule has 1 aromatic carbocycles. The highest BCUT2D eigenvalue weighted by molar-refractivity contribution is 7.55. The molecule has 0 amide bonds.